The molecule has 4 N–H and O–H groups in total. The van der Waals surface area contributed by atoms with Gasteiger partial charge in [0.15, 0.2) is 0 Å². The van der Waals surface area contributed by atoms with Gasteiger partial charge in [-0.25, -0.2) is 9.18 Å². The van der Waals surface area contributed by atoms with E-state index in [2.05, 4.69) is 21.3 Å². The molecule has 8 heteroatoms. The number of urea groups is 1. The van der Waals surface area contributed by atoms with Crippen molar-refractivity contribution in [2.75, 3.05) is 16.0 Å². The zero-order valence-electron chi connectivity index (χ0n) is 18.3. The Kier molecular flexibility index (Phi) is 7.75. The highest BCUT2D eigenvalue weighted by molar-refractivity contribution is 6.02. The number of para-hydroxylation sites is 1. The number of amides is 4. The fourth-order valence-electron chi connectivity index (χ4n) is 3.03. The number of anilines is 3. The largest absolute Gasteiger partial charge is 0.340 e. The van der Waals surface area contributed by atoms with E-state index in [1.807, 2.05) is 32.0 Å². The number of benzene rings is 3. The Labute approximate surface area is 191 Å². The third-order valence-electron chi connectivity index (χ3n) is 4.78. The van der Waals surface area contributed by atoms with E-state index < -0.39 is 17.8 Å². The summed E-state index contributed by atoms with van der Waals surface area (Å²) in [4.78, 5) is 37.3. The minimum atomic E-state index is -0.794. The summed E-state index contributed by atoms with van der Waals surface area (Å²) in [6.45, 7) is 3.63. The van der Waals surface area contributed by atoms with Gasteiger partial charge in [0.1, 0.15) is 11.9 Å². The van der Waals surface area contributed by atoms with Gasteiger partial charge < -0.3 is 21.3 Å². The fourth-order valence-corrected chi connectivity index (χ4v) is 3.03. The van der Waals surface area contributed by atoms with Gasteiger partial charge in [0.2, 0.25) is 5.91 Å². The number of rotatable bonds is 7. The van der Waals surface area contributed by atoms with Crippen molar-refractivity contribution in [2.45, 2.75) is 19.9 Å². The molecule has 7 nitrogen and oxygen atoms in total. The lowest BCUT2D eigenvalue weighted by molar-refractivity contribution is -0.118. The monoisotopic (exact) mass is 448 g/mol. The Morgan fingerprint density at radius 1 is 0.697 bits per heavy atom. The number of hydrogen-bond acceptors (Lipinski definition) is 3. The van der Waals surface area contributed by atoms with Gasteiger partial charge in [-0.2, -0.15) is 0 Å². The molecule has 170 valence electrons. The van der Waals surface area contributed by atoms with Crippen molar-refractivity contribution >= 4 is 34.9 Å². The van der Waals surface area contributed by atoms with Gasteiger partial charge in [-0.05, 0) is 66.6 Å². The van der Waals surface area contributed by atoms with Gasteiger partial charge >= 0.3 is 6.03 Å². The molecule has 3 aromatic carbocycles. The van der Waals surface area contributed by atoms with Crippen molar-refractivity contribution in [1.82, 2.24) is 5.32 Å². The van der Waals surface area contributed by atoms with E-state index in [-0.39, 0.29) is 23.4 Å². The quantitative estimate of drug-likeness (QED) is 0.415. The van der Waals surface area contributed by atoms with E-state index in [0.717, 1.165) is 0 Å². The lowest BCUT2D eigenvalue weighted by Crippen LogP contribution is -2.47. The molecule has 0 aliphatic heterocycles. The predicted molar refractivity (Wildman–Crippen MR) is 127 cm³/mol. The molecule has 3 rings (SSSR count). The van der Waals surface area contributed by atoms with Crippen molar-refractivity contribution in [3.63, 3.8) is 0 Å². The van der Waals surface area contributed by atoms with Gasteiger partial charge in [0.25, 0.3) is 5.91 Å². The van der Waals surface area contributed by atoms with Gasteiger partial charge in [0.05, 0.1) is 0 Å². The Balaban J connectivity index is 1.57. The maximum Gasteiger partial charge on any atom is 0.323 e. The second-order valence-electron chi connectivity index (χ2n) is 7.71. The Hall–Kier alpha value is -4.20. The molecule has 0 fully saturated rings. The summed E-state index contributed by atoms with van der Waals surface area (Å²) in [7, 11) is 0. The van der Waals surface area contributed by atoms with Gasteiger partial charge in [-0.15, -0.1) is 0 Å². The van der Waals surface area contributed by atoms with Crippen molar-refractivity contribution in [3.05, 3.63) is 90.2 Å². The molecule has 0 bridgehead atoms. The maximum absolute atomic E-state index is 13.1. The Morgan fingerprint density at radius 3 is 1.76 bits per heavy atom. The molecule has 0 unspecified atom stereocenters. The second-order valence-corrected chi connectivity index (χ2v) is 7.71. The second kappa shape index (κ2) is 10.9. The minimum absolute atomic E-state index is 0.183. The van der Waals surface area contributed by atoms with Gasteiger partial charge in [-0.3, -0.25) is 9.59 Å². The van der Waals surface area contributed by atoms with Crippen molar-refractivity contribution in [2.24, 2.45) is 5.92 Å². The Morgan fingerprint density at radius 2 is 1.21 bits per heavy atom. The van der Waals surface area contributed by atoms with Crippen LogP contribution in [0, 0.1) is 11.7 Å². The third kappa shape index (κ3) is 6.90. The van der Waals surface area contributed by atoms with Crippen LogP contribution in [-0.4, -0.2) is 23.9 Å². The normalized spacial score (nSPS) is 11.4. The third-order valence-corrected chi connectivity index (χ3v) is 4.78. The fraction of sp³-hybridized carbons (Fsp3) is 0.160. The molecule has 4 amide bonds. The first-order chi connectivity index (χ1) is 15.8. The van der Waals surface area contributed by atoms with Crippen molar-refractivity contribution < 1.29 is 18.8 Å². The molecule has 33 heavy (non-hydrogen) atoms. The summed E-state index contributed by atoms with van der Waals surface area (Å²) < 4.78 is 13.1. The van der Waals surface area contributed by atoms with E-state index in [0.29, 0.717) is 17.1 Å². The molecular weight excluding hydrogens is 423 g/mol. The van der Waals surface area contributed by atoms with Crippen LogP contribution in [-0.2, 0) is 4.79 Å². The summed E-state index contributed by atoms with van der Waals surface area (Å²) in [5.41, 5.74) is 1.99. The molecule has 0 aliphatic carbocycles. The molecular formula is C25H25FN4O3. The number of hydrogen-bond donors (Lipinski definition) is 4. The van der Waals surface area contributed by atoms with Crippen LogP contribution in [0.2, 0.25) is 0 Å². The number of halogens is 1. The van der Waals surface area contributed by atoms with Crippen LogP contribution >= 0.6 is 0 Å². The van der Waals surface area contributed by atoms with E-state index in [1.165, 1.54) is 24.3 Å². The van der Waals surface area contributed by atoms with Crippen molar-refractivity contribution in [1.29, 1.82) is 0 Å². The molecule has 0 radical (unpaired) electrons. The topological polar surface area (TPSA) is 99.3 Å². The minimum Gasteiger partial charge on any atom is -0.340 e. The number of carbonyl (C=O) groups is 3. The first-order valence-electron chi connectivity index (χ1n) is 10.4. The highest BCUT2D eigenvalue weighted by Crippen LogP contribution is 2.16. The predicted octanol–water partition coefficient (Wildman–Crippen LogP) is 4.86. The van der Waals surface area contributed by atoms with E-state index >= 15 is 0 Å². The smallest absolute Gasteiger partial charge is 0.323 e. The summed E-state index contributed by atoms with van der Waals surface area (Å²) in [5, 5.41) is 10.9. The molecule has 0 saturated heterocycles. The van der Waals surface area contributed by atoms with Crippen LogP contribution in [0.25, 0.3) is 0 Å². The standard InChI is InChI=1S/C25H25FN4O3/c1-16(2)22(30-23(31)17-8-10-18(26)11-9-17)24(32)27-20-12-14-21(15-13-20)29-25(33)28-19-6-4-3-5-7-19/h3-16,22H,1-2H3,(H,27,32)(H,30,31)(H2,28,29,33)/t22-/m0/s1. The van der Waals surface area contributed by atoms with Crippen LogP contribution in [0.4, 0.5) is 26.2 Å². The first-order valence-corrected chi connectivity index (χ1v) is 10.4. The Bertz CT molecular complexity index is 1100. The summed E-state index contributed by atoms with van der Waals surface area (Å²) in [6.07, 6.45) is 0. The average molecular weight is 448 g/mol. The summed E-state index contributed by atoms with van der Waals surface area (Å²) in [6, 6.07) is 19.6. The van der Waals surface area contributed by atoms with Crippen LogP contribution in [0.5, 0.6) is 0 Å². The maximum atomic E-state index is 13.1. The molecule has 0 saturated carbocycles. The van der Waals surface area contributed by atoms with Gasteiger partial charge in [0, 0.05) is 22.6 Å². The van der Waals surface area contributed by atoms with Crippen LogP contribution < -0.4 is 21.3 Å². The zero-order chi connectivity index (χ0) is 23.8. The summed E-state index contributed by atoms with van der Waals surface area (Å²) >= 11 is 0. The molecule has 3 aromatic rings. The van der Waals surface area contributed by atoms with E-state index in [4.69, 9.17) is 0 Å². The SMILES string of the molecule is CC(C)[C@H](NC(=O)c1ccc(F)cc1)C(=O)Nc1ccc(NC(=O)Nc2ccccc2)cc1. The van der Waals surface area contributed by atoms with E-state index in [9.17, 15) is 18.8 Å². The lowest BCUT2D eigenvalue weighted by atomic mass is 10.0. The molecule has 1 atom stereocenters. The molecule has 0 heterocycles. The summed E-state index contributed by atoms with van der Waals surface area (Å²) in [5.74, 6) is -1.48. The average Bonchev–Trinajstić information content (AvgIpc) is 2.79. The van der Waals surface area contributed by atoms with Crippen molar-refractivity contribution in [3.8, 4) is 0 Å². The molecule has 0 aromatic heterocycles. The van der Waals surface area contributed by atoms with Crippen LogP contribution in [0.3, 0.4) is 0 Å². The highest BCUT2D eigenvalue weighted by Gasteiger charge is 2.25. The molecule has 0 aliphatic rings. The first kappa shape index (κ1) is 23.5. The van der Waals surface area contributed by atoms with Crippen LogP contribution in [0.15, 0.2) is 78.9 Å². The van der Waals surface area contributed by atoms with Gasteiger partial charge in [-0.1, -0.05) is 32.0 Å². The number of nitrogens with one attached hydrogen (secondary N) is 4. The highest BCUT2D eigenvalue weighted by atomic mass is 19.1. The molecule has 0 spiro atoms. The lowest BCUT2D eigenvalue weighted by Gasteiger charge is -2.22. The zero-order valence-corrected chi connectivity index (χ0v) is 18.3. The van der Waals surface area contributed by atoms with E-state index in [1.54, 1.807) is 36.4 Å². The van der Waals surface area contributed by atoms with Crippen LogP contribution in [0.1, 0.15) is 24.2 Å². The number of carbonyl (C=O) groups excluding carboxylic acids is 3.